The van der Waals surface area contributed by atoms with Crippen molar-refractivity contribution in [1.29, 1.82) is 0 Å². The van der Waals surface area contributed by atoms with Crippen LogP contribution in [0.15, 0.2) is 54.2 Å². The molecule has 1 aromatic heterocycles. The molecule has 2 heterocycles. The van der Waals surface area contributed by atoms with Gasteiger partial charge in [0, 0.05) is 36.9 Å². The van der Waals surface area contributed by atoms with E-state index in [-0.39, 0.29) is 6.04 Å². The molecule has 0 spiro atoms. The zero-order valence-electron chi connectivity index (χ0n) is 13.2. The number of nitrogens with one attached hydrogen (secondary N) is 1. The lowest BCUT2D eigenvalue weighted by molar-refractivity contribution is 0.464. The Morgan fingerprint density at radius 2 is 1.88 bits per heavy atom. The molecule has 1 aliphatic heterocycles. The van der Waals surface area contributed by atoms with Crippen molar-refractivity contribution < 1.29 is 8.42 Å². The van der Waals surface area contributed by atoms with Gasteiger partial charge in [-0.05, 0) is 30.5 Å². The monoisotopic (exact) mass is 344 g/mol. The van der Waals surface area contributed by atoms with Crippen molar-refractivity contribution in [1.82, 2.24) is 14.7 Å². The third-order valence-electron chi connectivity index (χ3n) is 3.83. The number of hydrogen-bond acceptors (Lipinski definition) is 5. The van der Waals surface area contributed by atoms with Crippen LogP contribution >= 0.6 is 0 Å². The highest BCUT2D eigenvalue weighted by Gasteiger charge is 2.24. The number of nitrogens with zero attached hydrogens (tertiary/aromatic N) is 3. The molecule has 1 saturated heterocycles. The first-order valence-corrected chi connectivity index (χ1v) is 9.44. The summed E-state index contributed by atoms with van der Waals surface area (Å²) in [7, 11) is -3.48. The van der Waals surface area contributed by atoms with Crippen LogP contribution in [0.4, 0.5) is 5.95 Å². The summed E-state index contributed by atoms with van der Waals surface area (Å²) < 4.78 is 27.3. The van der Waals surface area contributed by atoms with Gasteiger partial charge in [0.15, 0.2) is 0 Å². The minimum absolute atomic E-state index is 0.145. The summed E-state index contributed by atoms with van der Waals surface area (Å²) in [6, 6.07) is 11.0. The Hall–Kier alpha value is -2.25. The maximum absolute atomic E-state index is 12.3. The van der Waals surface area contributed by atoms with Crippen LogP contribution in [-0.2, 0) is 10.0 Å². The fraction of sp³-hybridized carbons (Fsp3) is 0.294. The van der Waals surface area contributed by atoms with Gasteiger partial charge < -0.3 is 4.90 Å². The number of anilines is 1. The number of hydrogen-bond donors (Lipinski definition) is 1. The molecule has 0 unspecified atom stereocenters. The van der Waals surface area contributed by atoms with E-state index in [1.807, 2.05) is 35.2 Å². The van der Waals surface area contributed by atoms with Gasteiger partial charge in [-0.15, -0.1) is 0 Å². The van der Waals surface area contributed by atoms with Gasteiger partial charge >= 0.3 is 0 Å². The van der Waals surface area contributed by atoms with E-state index in [2.05, 4.69) is 14.7 Å². The Balaban J connectivity index is 1.63. The standard InChI is InChI=1S/C17H20N4O2S/c22-24(23,13-9-15-6-2-1-3-7-15)20-16-8-4-12-21(14-16)17-18-10-5-11-19-17/h1-3,5-7,9-11,13,16,20H,4,8,12,14H2/b13-9+/t16-/m1/s1. The fourth-order valence-corrected chi connectivity index (χ4v) is 3.79. The molecule has 1 N–H and O–H groups in total. The Morgan fingerprint density at radius 1 is 1.12 bits per heavy atom. The number of piperidine rings is 1. The van der Waals surface area contributed by atoms with E-state index in [0.717, 1.165) is 24.9 Å². The van der Waals surface area contributed by atoms with Crippen LogP contribution in [0, 0.1) is 0 Å². The van der Waals surface area contributed by atoms with Crippen LogP contribution in [0.25, 0.3) is 6.08 Å². The van der Waals surface area contributed by atoms with E-state index in [9.17, 15) is 8.42 Å². The van der Waals surface area contributed by atoms with Gasteiger partial charge in [0.05, 0.1) is 0 Å². The van der Waals surface area contributed by atoms with Crippen LogP contribution in [0.3, 0.4) is 0 Å². The highest BCUT2D eigenvalue weighted by molar-refractivity contribution is 7.92. The molecular weight excluding hydrogens is 324 g/mol. The maximum atomic E-state index is 12.3. The van der Waals surface area contributed by atoms with E-state index in [1.54, 1.807) is 24.5 Å². The molecule has 0 amide bonds. The van der Waals surface area contributed by atoms with Gasteiger partial charge in [-0.25, -0.2) is 23.1 Å². The molecule has 1 aliphatic rings. The van der Waals surface area contributed by atoms with E-state index in [1.165, 1.54) is 5.41 Å². The van der Waals surface area contributed by atoms with Crippen LogP contribution < -0.4 is 9.62 Å². The smallest absolute Gasteiger partial charge is 0.234 e. The van der Waals surface area contributed by atoms with E-state index in [4.69, 9.17) is 0 Å². The highest BCUT2D eigenvalue weighted by atomic mass is 32.2. The van der Waals surface area contributed by atoms with Crippen molar-refractivity contribution in [2.75, 3.05) is 18.0 Å². The molecule has 2 aromatic rings. The summed E-state index contributed by atoms with van der Waals surface area (Å²) in [6.45, 7) is 1.41. The average molecular weight is 344 g/mol. The van der Waals surface area contributed by atoms with Crippen molar-refractivity contribution in [3.63, 3.8) is 0 Å². The predicted molar refractivity (Wildman–Crippen MR) is 94.8 cm³/mol. The van der Waals surface area contributed by atoms with Gasteiger partial charge in [-0.2, -0.15) is 0 Å². The minimum atomic E-state index is -3.48. The van der Waals surface area contributed by atoms with Crippen LogP contribution in [-0.4, -0.2) is 37.5 Å². The lowest BCUT2D eigenvalue weighted by Crippen LogP contribution is -2.47. The second-order valence-corrected chi connectivity index (χ2v) is 7.31. The van der Waals surface area contributed by atoms with Gasteiger partial charge in [0.1, 0.15) is 0 Å². The largest absolute Gasteiger partial charge is 0.339 e. The fourth-order valence-electron chi connectivity index (χ4n) is 2.71. The first-order valence-electron chi connectivity index (χ1n) is 7.90. The Labute approximate surface area is 142 Å². The number of benzene rings is 1. The van der Waals surface area contributed by atoms with Gasteiger partial charge in [0.25, 0.3) is 0 Å². The zero-order chi connectivity index (χ0) is 16.8. The van der Waals surface area contributed by atoms with Crippen molar-refractivity contribution in [3.05, 3.63) is 59.8 Å². The van der Waals surface area contributed by atoms with Crippen LogP contribution in [0.5, 0.6) is 0 Å². The van der Waals surface area contributed by atoms with Crippen molar-refractivity contribution >= 4 is 22.0 Å². The number of rotatable bonds is 5. The molecule has 1 fully saturated rings. The number of aromatic nitrogens is 2. The summed E-state index contributed by atoms with van der Waals surface area (Å²) >= 11 is 0. The molecule has 6 nitrogen and oxygen atoms in total. The zero-order valence-corrected chi connectivity index (χ0v) is 14.1. The minimum Gasteiger partial charge on any atom is -0.339 e. The molecule has 0 radical (unpaired) electrons. The molecular formula is C17H20N4O2S. The summed E-state index contributed by atoms with van der Waals surface area (Å²) in [6.07, 6.45) is 6.69. The number of sulfonamides is 1. The first-order chi connectivity index (χ1) is 11.6. The Morgan fingerprint density at radius 3 is 2.62 bits per heavy atom. The molecule has 0 saturated carbocycles. The quantitative estimate of drug-likeness (QED) is 0.898. The SMILES string of the molecule is O=S(=O)(/C=C/c1ccccc1)N[C@@H]1CCCN(c2ncccn2)C1. The summed E-state index contributed by atoms with van der Waals surface area (Å²) in [5, 5.41) is 1.22. The molecule has 126 valence electrons. The Bertz CT molecular complexity index is 779. The van der Waals surface area contributed by atoms with E-state index < -0.39 is 10.0 Å². The molecule has 3 rings (SSSR count). The lowest BCUT2D eigenvalue weighted by Gasteiger charge is -2.32. The second-order valence-electron chi connectivity index (χ2n) is 5.71. The molecule has 24 heavy (non-hydrogen) atoms. The highest BCUT2D eigenvalue weighted by Crippen LogP contribution is 2.16. The van der Waals surface area contributed by atoms with E-state index >= 15 is 0 Å². The lowest BCUT2D eigenvalue weighted by atomic mass is 10.1. The average Bonchev–Trinajstić information content (AvgIpc) is 2.62. The van der Waals surface area contributed by atoms with Gasteiger partial charge in [-0.3, -0.25) is 0 Å². The predicted octanol–water partition coefficient (Wildman–Crippen LogP) is 2.04. The van der Waals surface area contributed by atoms with E-state index in [0.29, 0.717) is 12.5 Å². The maximum Gasteiger partial charge on any atom is 0.234 e. The van der Waals surface area contributed by atoms with Crippen LogP contribution in [0.1, 0.15) is 18.4 Å². The molecule has 0 aliphatic carbocycles. The van der Waals surface area contributed by atoms with Gasteiger partial charge in [0.2, 0.25) is 16.0 Å². The van der Waals surface area contributed by atoms with Crippen molar-refractivity contribution in [2.45, 2.75) is 18.9 Å². The summed E-state index contributed by atoms with van der Waals surface area (Å²) in [5.74, 6) is 0.640. The molecule has 1 aromatic carbocycles. The Kier molecular flexibility index (Phi) is 5.22. The first kappa shape index (κ1) is 16.6. The van der Waals surface area contributed by atoms with Gasteiger partial charge in [-0.1, -0.05) is 30.3 Å². The molecule has 7 heteroatoms. The second kappa shape index (κ2) is 7.55. The molecule has 1 atom stereocenters. The van der Waals surface area contributed by atoms with Crippen LogP contribution in [0.2, 0.25) is 0 Å². The summed E-state index contributed by atoms with van der Waals surface area (Å²) in [5.41, 5.74) is 0.853. The third kappa shape index (κ3) is 4.62. The van der Waals surface area contributed by atoms with Crippen molar-refractivity contribution in [2.24, 2.45) is 0 Å². The molecule has 0 bridgehead atoms. The third-order valence-corrected chi connectivity index (χ3v) is 4.98. The van der Waals surface area contributed by atoms with Crippen molar-refractivity contribution in [3.8, 4) is 0 Å². The topological polar surface area (TPSA) is 75.2 Å². The summed E-state index contributed by atoms with van der Waals surface area (Å²) in [4.78, 5) is 10.5. The normalized spacial score (nSPS) is 18.8.